The van der Waals surface area contributed by atoms with Crippen molar-refractivity contribution in [1.82, 2.24) is 19.8 Å². The van der Waals surface area contributed by atoms with Crippen LogP contribution in [0.15, 0.2) is 42.7 Å². The number of aromatic nitrogens is 2. The van der Waals surface area contributed by atoms with Crippen LogP contribution in [0.1, 0.15) is 12.8 Å². The van der Waals surface area contributed by atoms with Gasteiger partial charge in [0.25, 0.3) is 5.91 Å². The summed E-state index contributed by atoms with van der Waals surface area (Å²) in [4.78, 5) is 37.0. The Labute approximate surface area is 175 Å². The topological polar surface area (TPSA) is 96.9 Å². The second-order valence-corrected chi connectivity index (χ2v) is 7.17. The van der Waals surface area contributed by atoms with E-state index in [1.54, 1.807) is 29.4 Å². The second kappa shape index (κ2) is 9.43. The zero-order chi connectivity index (χ0) is 20.8. The number of nitrogens with zero attached hydrogens (tertiary/aromatic N) is 4. The van der Waals surface area contributed by atoms with E-state index in [-0.39, 0.29) is 18.4 Å². The van der Waals surface area contributed by atoms with Crippen molar-refractivity contribution in [3.63, 3.8) is 0 Å². The molecule has 3 heterocycles. The molecule has 2 aliphatic heterocycles. The Morgan fingerprint density at radius 2 is 1.70 bits per heavy atom. The molecule has 1 aromatic carbocycles. The minimum absolute atomic E-state index is 0.0938. The quantitative estimate of drug-likeness (QED) is 0.713. The van der Waals surface area contributed by atoms with Gasteiger partial charge in [0.05, 0.1) is 0 Å². The molecule has 0 unspecified atom stereocenters. The van der Waals surface area contributed by atoms with Crippen LogP contribution in [-0.2, 0) is 9.59 Å². The largest absolute Gasteiger partial charge is 0.485 e. The Hall–Kier alpha value is -3.36. The molecule has 9 nitrogen and oxygen atoms in total. The number of amides is 2. The molecule has 1 fully saturated rings. The van der Waals surface area contributed by atoms with E-state index in [2.05, 4.69) is 15.3 Å². The zero-order valence-electron chi connectivity index (χ0n) is 16.7. The summed E-state index contributed by atoms with van der Waals surface area (Å²) in [5.41, 5.74) is 0. The predicted octanol–water partition coefficient (Wildman–Crippen LogP) is 1.18. The van der Waals surface area contributed by atoms with E-state index in [1.165, 1.54) is 0 Å². The summed E-state index contributed by atoms with van der Waals surface area (Å²) in [6.07, 6.45) is 3.84. The van der Waals surface area contributed by atoms with Gasteiger partial charge in [0, 0.05) is 51.5 Å². The van der Waals surface area contributed by atoms with Gasteiger partial charge in [-0.05, 0) is 24.6 Å². The lowest BCUT2D eigenvalue weighted by Gasteiger charge is -2.37. The van der Waals surface area contributed by atoms with Gasteiger partial charge >= 0.3 is 0 Å². The number of benzene rings is 1. The van der Waals surface area contributed by atoms with Crippen LogP contribution < -0.4 is 14.8 Å². The number of anilines is 1. The summed E-state index contributed by atoms with van der Waals surface area (Å²) in [5, 5.41) is 3.10. The van der Waals surface area contributed by atoms with Gasteiger partial charge in [0.15, 0.2) is 11.5 Å². The molecule has 0 bridgehead atoms. The van der Waals surface area contributed by atoms with Crippen molar-refractivity contribution in [1.29, 1.82) is 0 Å². The fraction of sp³-hybridized carbons (Fsp3) is 0.429. The molecule has 0 radical (unpaired) electrons. The predicted molar refractivity (Wildman–Crippen MR) is 109 cm³/mol. The van der Waals surface area contributed by atoms with E-state index >= 15 is 0 Å². The minimum Gasteiger partial charge on any atom is -0.485 e. The van der Waals surface area contributed by atoms with E-state index in [1.807, 2.05) is 23.1 Å². The number of nitrogens with one attached hydrogen (secondary N) is 1. The third kappa shape index (κ3) is 4.79. The maximum atomic E-state index is 12.8. The van der Waals surface area contributed by atoms with Crippen LogP contribution in [0.3, 0.4) is 0 Å². The standard InChI is InChI=1S/C21H25N5O4/c27-19(7-3-8-22-21-23-9-4-10-24-21)25-11-13-26(14-12-25)20(28)18-15-29-16-5-1-2-6-17(16)30-18/h1-2,4-6,9-10,18H,3,7-8,11-15H2,(H,22,23,24)/t18-/m0/s1. The van der Waals surface area contributed by atoms with E-state index in [9.17, 15) is 9.59 Å². The third-order valence-corrected chi connectivity index (χ3v) is 5.14. The van der Waals surface area contributed by atoms with Crippen molar-refractivity contribution >= 4 is 17.8 Å². The second-order valence-electron chi connectivity index (χ2n) is 7.17. The van der Waals surface area contributed by atoms with Crippen molar-refractivity contribution in [2.45, 2.75) is 18.9 Å². The van der Waals surface area contributed by atoms with E-state index in [0.29, 0.717) is 63.0 Å². The van der Waals surface area contributed by atoms with Crippen molar-refractivity contribution in [3.8, 4) is 11.5 Å². The summed E-state index contributed by atoms with van der Waals surface area (Å²) in [7, 11) is 0. The van der Waals surface area contributed by atoms with Gasteiger partial charge < -0.3 is 24.6 Å². The molecule has 4 rings (SSSR count). The molecular formula is C21H25N5O4. The lowest BCUT2D eigenvalue weighted by molar-refractivity contribution is -0.146. The van der Waals surface area contributed by atoms with Crippen molar-refractivity contribution in [2.75, 3.05) is 44.6 Å². The third-order valence-electron chi connectivity index (χ3n) is 5.14. The summed E-state index contributed by atoms with van der Waals surface area (Å²) in [6, 6.07) is 9.09. The number of fused-ring (bicyclic) bond motifs is 1. The highest BCUT2D eigenvalue weighted by Gasteiger charge is 2.33. The highest BCUT2D eigenvalue weighted by Crippen LogP contribution is 2.31. The number of carbonyl (C=O) groups is 2. The van der Waals surface area contributed by atoms with Crippen molar-refractivity contribution in [3.05, 3.63) is 42.7 Å². The average molecular weight is 411 g/mol. The van der Waals surface area contributed by atoms with Gasteiger partial charge in [-0.15, -0.1) is 0 Å². The van der Waals surface area contributed by atoms with Gasteiger partial charge in [-0.1, -0.05) is 12.1 Å². The molecule has 9 heteroatoms. The van der Waals surface area contributed by atoms with Crippen LogP contribution in [0.4, 0.5) is 5.95 Å². The van der Waals surface area contributed by atoms with Gasteiger partial charge in [0.2, 0.25) is 18.0 Å². The highest BCUT2D eigenvalue weighted by molar-refractivity contribution is 5.82. The number of carbonyl (C=O) groups excluding carboxylic acids is 2. The molecular weight excluding hydrogens is 386 g/mol. The number of rotatable bonds is 6. The average Bonchev–Trinajstić information content (AvgIpc) is 2.81. The monoisotopic (exact) mass is 411 g/mol. The first-order chi connectivity index (χ1) is 14.7. The highest BCUT2D eigenvalue weighted by atomic mass is 16.6. The summed E-state index contributed by atoms with van der Waals surface area (Å²) < 4.78 is 11.5. The van der Waals surface area contributed by atoms with Gasteiger partial charge in [-0.25, -0.2) is 9.97 Å². The molecule has 158 valence electrons. The number of para-hydroxylation sites is 2. The SMILES string of the molecule is O=C(CCCNc1ncccn1)N1CCN(C(=O)[C@@H]2COc3ccccc3O2)CC1. The van der Waals surface area contributed by atoms with Gasteiger partial charge in [-0.3, -0.25) is 9.59 Å². The van der Waals surface area contributed by atoms with E-state index < -0.39 is 6.10 Å². The molecule has 30 heavy (non-hydrogen) atoms. The maximum absolute atomic E-state index is 12.8. The smallest absolute Gasteiger partial charge is 0.267 e. The molecule has 1 saturated heterocycles. The molecule has 1 N–H and O–H groups in total. The number of hydrogen-bond acceptors (Lipinski definition) is 7. The van der Waals surface area contributed by atoms with Crippen LogP contribution in [0.25, 0.3) is 0 Å². The first-order valence-electron chi connectivity index (χ1n) is 10.2. The Morgan fingerprint density at radius 1 is 1.00 bits per heavy atom. The lowest BCUT2D eigenvalue weighted by atomic mass is 10.2. The minimum atomic E-state index is -0.645. The van der Waals surface area contributed by atoms with Crippen LogP contribution in [0.5, 0.6) is 11.5 Å². The summed E-state index contributed by atoms with van der Waals surface area (Å²) in [6.45, 7) is 2.90. The molecule has 0 spiro atoms. The van der Waals surface area contributed by atoms with Crippen LogP contribution in [0.2, 0.25) is 0 Å². The first kappa shape index (κ1) is 19.9. The van der Waals surface area contributed by atoms with Crippen LogP contribution in [0, 0.1) is 0 Å². The Morgan fingerprint density at radius 3 is 2.47 bits per heavy atom. The molecule has 1 atom stereocenters. The molecule has 0 aliphatic carbocycles. The summed E-state index contributed by atoms with van der Waals surface area (Å²) in [5.74, 6) is 1.82. The molecule has 0 saturated carbocycles. The molecule has 2 aliphatic rings. The van der Waals surface area contributed by atoms with E-state index in [4.69, 9.17) is 9.47 Å². The summed E-state index contributed by atoms with van der Waals surface area (Å²) >= 11 is 0. The molecule has 2 aromatic rings. The van der Waals surface area contributed by atoms with Gasteiger partial charge in [0.1, 0.15) is 6.61 Å². The Kier molecular flexibility index (Phi) is 6.26. The van der Waals surface area contributed by atoms with Crippen molar-refractivity contribution < 1.29 is 19.1 Å². The fourth-order valence-corrected chi connectivity index (χ4v) is 3.51. The number of hydrogen-bond donors (Lipinski definition) is 1. The maximum Gasteiger partial charge on any atom is 0.267 e. The van der Waals surface area contributed by atoms with Crippen LogP contribution >= 0.6 is 0 Å². The van der Waals surface area contributed by atoms with Gasteiger partial charge in [-0.2, -0.15) is 0 Å². The molecule has 2 amide bonds. The van der Waals surface area contributed by atoms with Crippen molar-refractivity contribution in [2.24, 2.45) is 0 Å². The molecule has 1 aromatic heterocycles. The number of piperazine rings is 1. The normalized spacial score (nSPS) is 18.1. The number of ether oxygens (including phenoxy) is 2. The zero-order valence-corrected chi connectivity index (χ0v) is 16.7. The Bertz CT molecular complexity index is 871. The first-order valence-corrected chi connectivity index (χ1v) is 10.2. The fourth-order valence-electron chi connectivity index (χ4n) is 3.51. The van der Waals surface area contributed by atoms with E-state index in [0.717, 1.165) is 0 Å². The van der Waals surface area contributed by atoms with Crippen LogP contribution in [-0.4, -0.2) is 77.0 Å². The Balaban J connectivity index is 1.18. The lowest BCUT2D eigenvalue weighted by Crippen LogP contribution is -2.55.